The molecule has 0 fully saturated rings. The molecule has 0 saturated heterocycles. The molecule has 6 heteroatoms. The molecule has 0 aliphatic heterocycles. The number of fused-ring (bicyclic) bond motifs is 1. The summed E-state index contributed by atoms with van der Waals surface area (Å²) < 4.78 is 1.41. The molecule has 0 aliphatic carbocycles. The Kier molecular flexibility index (Phi) is 4.34. The van der Waals surface area contributed by atoms with Gasteiger partial charge >= 0.3 is 0 Å². The van der Waals surface area contributed by atoms with Gasteiger partial charge in [0.15, 0.2) is 5.65 Å². The highest BCUT2D eigenvalue weighted by atomic mass is 35.5. The Labute approximate surface area is 154 Å². The fraction of sp³-hybridized carbons (Fsp3) is 0.0526. The average Bonchev–Trinajstić information content (AvgIpc) is 3.08. The summed E-state index contributed by atoms with van der Waals surface area (Å²) in [6, 6.07) is 20.0. The summed E-state index contributed by atoms with van der Waals surface area (Å²) in [5.41, 5.74) is 3.06. The van der Waals surface area contributed by atoms with Crippen LogP contribution in [-0.2, 0) is 5.88 Å². The summed E-state index contributed by atoms with van der Waals surface area (Å²) in [7, 11) is 0. The third-order valence-electron chi connectivity index (χ3n) is 3.79. The molecule has 124 valence electrons. The number of aromatic hydroxyl groups is 1. The normalized spacial score (nSPS) is 11.1. The molecule has 4 rings (SSSR count). The van der Waals surface area contributed by atoms with Gasteiger partial charge in [0.1, 0.15) is 0 Å². The number of benzene rings is 2. The monoisotopic (exact) mass is 367 g/mol. The molecular formula is C19H14ClN3OS. The number of nitrogens with zero attached hydrogens (tertiary/aromatic N) is 3. The van der Waals surface area contributed by atoms with Crippen molar-refractivity contribution in [2.45, 2.75) is 15.7 Å². The first-order valence-electron chi connectivity index (χ1n) is 7.70. The highest BCUT2D eigenvalue weighted by Crippen LogP contribution is 2.31. The van der Waals surface area contributed by atoms with E-state index in [0.29, 0.717) is 11.3 Å². The van der Waals surface area contributed by atoms with Crippen LogP contribution in [0.3, 0.4) is 0 Å². The highest BCUT2D eigenvalue weighted by molar-refractivity contribution is 7.99. The Bertz CT molecular complexity index is 1020. The lowest BCUT2D eigenvalue weighted by atomic mass is 10.1. The van der Waals surface area contributed by atoms with Crippen molar-refractivity contribution < 1.29 is 5.11 Å². The maximum Gasteiger partial charge on any atom is 0.215 e. The minimum absolute atomic E-state index is 0.0307. The van der Waals surface area contributed by atoms with Gasteiger partial charge in [-0.3, -0.25) is 0 Å². The van der Waals surface area contributed by atoms with Gasteiger partial charge in [0, 0.05) is 21.4 Å². The second-order valence-electron chi connectivity index (χ2n) is 5.47. The first kappa shape index (κ1) is 16.0. The van der Waals surface area contributed by atoms with Crippen molar-refractivity contribution in [3.63, 3.8) is 0 Å². The molecule has 25 heavy (non-hydrogen) atoms. The van der Waals surface area contributed by atoms with E-state index in [1.54, 1.807) is 18.0 Å². The van der Waals surface area contributed by atoms with Crippen molar-refractivity contribution >= 4 is 29.0 Å². The Morgan fingerprint density at radius 1 is 1.00 bits per heavy atom. The number of aromatic nitrogens is 3. The number of rotatable bonds is 4. The van der Waals surface area contributed by atoms with Crippen LogP contribution in [0.5, 0.6) is 5.88 Å². The summed E-state index contributed by atoms with van der Waals surface area (Å²) in [5.74, 6) is 0.268. The molecule has 0 atom stereocenters. The molecule has 4 aromatic rings. The minimum atomic E-state index is 0.0307. The van der Waals surface area contributed by atoms with Crippen LogP contribution in [0.15, 0.2) is 76.7 Å². The van der Waals surface area contributed by atoms with Crippen LogP contribution >= 0.6 is 23.4 Å². The summed E-state index contributed by atoms with van der Waals surface area (Å²) in [6.07, 6.45) is 1.71. The Hall–Kier alpha value is -2.50. The van der Waals surface area contributed by atoms with E-state index < -0.39 is 0 Å². The Balaban J connectivity index is 1.68. The van der Waals surface area contributed by atoms with Gasteiger partial charge in [-0.1, -0.05) is 42.1 Å². The second-order valence-corrected chi connectivity index (χ2v) is 6.89. The Morgan fingerprint density at radius 3 is 2.44 bits per heavy atom. The summed E-state index contributed by atoms with van der Waals surface area (Å²) in [5, 5.41) is 14.3. The topological polar surface area (TPSA) is 50.4 Å². The zero-order valence-corrected chi connectivity index (χ0v) is 14.7. The molecule has 0 saturated carbocycles. The fourth-order valence-corrected chi connectivity index (χ4v) is 3.57. The van der Waals surface area contributed by atoms with Crippen LogP contribution in [0.25, 0.3) is 16.8 Å². The lowest BCUT2D eigenvalue weighted by Gasteiger charge is -2.05. The maximum absolute atomic E-state index is 10.1. The lowest BCUT2D eigenvalue weighted by Crippen LogP contribution is -1.95. The van der Waals surface area contributed by atoms with E-state index in [4.69, 9.17) is 11.6 Å². The molecule has 0 unspecified atom stereocenters. The first-order chi connectivity index (χ1) is 12.2. The van der Waals surface area contributed by atoms with Gasteiger partial charge in [-0.05, 0) is 29.8 Å². The van der Waals surface area contributed by atoms with E-state index in [1.165, 1.54) is 15.5 Å². The first-order valence-corrected chi connectivity index (χ1v) is 9.05. The smallest absolute Gasteiger partial charge is 0.215 e. The maximum atomic E-state index is 10.1. The fourth-order valence-electron chi connectivity index (χ4n) is 2.59. The van der Waals surface area contributed by atoms with E-state index in [-0.39, 0.29) is 11.8 Å². The standard InChI is InChI=1S/C19H14ClN3OS/c20-11-14-10-18(24)23-19(22-14)17(12-21-23)13-6-8-16(9-7-13)25-15-4-2-1-3-5-15/h1-10,12,24H,11H2. The second kappa shape index (κ2) is 6.78. The molecule has 0 aliphatic rings. The van der Waals surface area contributed by atoms with Gasteiger partial charge in [-0.25, -0.2) is 4.98 Å². The van der Waals surface area contributed by atoms with E-state index >= 15 is 0 Å². The quantitative estimate of drug-likeness (QED) is 0.516. The van der Waals surface area contributed by atoms with Crippen molar-refractivity contribution in [3.05, 3.63) is 72.6 Å². The molecule has 1 N–H and O–H groups in total. The largest absolute Gasteiger partial charge is 0.493 e. The molecule has 0 radical (unpaired) electrons. The molecule has 0 spiro atoms. The van der Waals surface area contributed by atoms with Gasteiger partial charge < -0.3 is 5.11 Å². The van der Waals surface area contributed by atoms with E-state index in [9.17, 15) is 5.11 Å². The van der Waals surface area contributed by atoms with Gasteiger partial charge in [0.2, 0.25) is 5.88 Å². The molecule has 2 heterocycles. The van der Waals surface area contributed by atoms with E-state index in [2.05, 4.69) is 34.3 Å². The molecular weight excluding hydrogens is 354 g/mol. The van der Waals surface area contributed by atoms with Crippen molar-refractivity contribution in [2.24, 2.45) is 0 Å². The summed E-state index contributed by atoms with van der Waals surface area (Å²) in [6.45, 7) is 0. The molecule has 0 bridgehead atoms. The van der Waals surface area contributed by atoms with Crippen LogP contribution in [0.4, 0.5) is 0 Å². The SMILES string of the molecule is Oc1cc(CCl)nc2c(-c3ccc(Sc4ccccc4)cc3)cnn12. The predicted octanol–water partition coefficient (Wildman–Crippen LogP) is 4.99. The van der Waals surface area contributed by atoms with Crippen molar-refractivity contribution in [1.82, 2.24) is 14.6 Å². The highest BCUT2D eigenvalue weighted by Gasteiger charge is 2.12. The molecule has 4 nitrogen and oxygen atoms in total. The van der Waals surface area contributed by atoms with Crippen LogP contribution in [0, 0.1) is 0 Å². The summed E-state index contributed by atoms with van der Waals surface area (Å²) in [4.78, 5) is 6.84. The number of hydrogen-bond donors (Lipinski definition) is 1. The van der Waals surface area contributed by atoms with Crippen LogP contribution in [-0.4, -0.2) is 19.7 Å². The van der Waals surface area contributed by atoms with Crippen LogP contribution in [0.1, 0.15) is 5.69 Å². The number of halogens is 1. The van der Waals surface area contributed by atoms with Gasteiger partial charge in [0.05, 0.1) is 17.8 Å². The zero-order valence-electron chi connectivity index (χ0n) is 13.1. The summed E-state index contributed by atoms with van der Waals surface area (Å²) >= 11 is 7.57. The van der Waals surface area contributed by atoms with Crippen molar-refractivity contribution in [3.8, 4) is 17.0 Å². The third kappa shape index (κ3) is 3.21. The molecule has 2 aromatic heterocycles. The third-order valence-corrected chi connectivity index (χ3v) is 5.08. The van der Waals surface area contributed by atoms with Crippen LogP contribution in [0.2, 0.25) is 0 Å². The number of hydrogen-bond acceptors (Lipinski definition) is 4. The predicted molar refractivity (Wildman–Crippen MR) is 100 cm³/mol. The van der Waals surface area contributed by atoms with Crippen molar-refractivity contribution in [1.29, 1.82) is 0 Å². The zero-order chi connectivity index (χ0) is 17.2. The minimum Gasteiger partial charge on any atom is -0.493 e. The Morgan fingerprint density at radius 2 is 1.72 bits per heavy atom. The van der Waals surface area contributed by atoms with E-state index in [0.717, 1.165) is 16.0 Å². The van der Waals surface area contributed by atoms with Gasteiger partial charge in [0.25, 0.3) is 0 Å². The van der Waals surface area contributed by atoms with E-state index in [1.807, 2.05) is 30.3 Å². The van der Waals surface area contributed by atoms with Crippen molar-refractivity contribution in [2.75, 3.05) is 0 Å². The van der Waals surface area contributed by atoms with Gasteiger partial charge in [-0.2, -0.15) is 9.61 Å². The number of alkyl halides is 1. The van der Waals surface area contributed by atoms with Crippen LogP contribution < -0.4 is 0 Å². The lowest BCUT2D eigenvalue weighted by molar-refractivity contribution is 0.434. The molecule has 2 aromatic carbocycles. The van der Waals surface area contributed by atoms with Gasteiger partial charge in [-0.15, -0.1) is 11.6 Å². The average molecular weight is 368 g/mol. The molecule has 0 amide bonds.